The van der Waals surface area contributed by atoms with Crippen LogP contribution in [-0.4, -0.2) is 6.04 Å². The first-order chi connectivity index (χ1) is 10.1. The van der Waals surface area contributed by atoms with Gasteiger partial charge < -0.3 is 0 Å². The van der Waals surface area contributed by atoms with Crippen molar-refractivity contribution >= 4 is 0 Å². The fourth-order valence-corrected chi connectivity index (χ4v) is 7.36. The van der Waals surface area contributed by atoms with Gasteiger partial charge >= 0.3 is 0 Å². The zero-order valence-corrected chi connectivity index (χ0v) is 13.8. The number of hydrogen-bond acceptors (Lipinski definition) is 2. The molecule has 2 unspecified atom stereocenters. The molecule has 0 aromatic rings. The molecule has 4 fully saturated rings. The van der Waals surface area contributed by atoms with Crippen LogP contribution in [0.5, 0.6) is 0 Å². The number of hydrogen-bond donors (Lipinski definition) is 0. The molecule has 0 aromatic carbocycles. The molecule has 21 heavy (non-hydrogen) atoms. The van der Waals surface area contributed by atoms with E-state index in [2.05, 4.69) is 19.0 Å². The van der Waals surface area contributed by atoms with Crippen LogP contribution in [0.1, 0.15) is 78.1 Å². The lowest BCUT2D eigenvalue weighted by Gasteiger charge is -2.61. The molecule has 0 bridgehead atoms. The normalized spacial score (nSPS) is 56.2. The van der Waals surface area contributed by atoms with Crippen molar-refractivity contribution in [3.63, 3.8) is 0 Å². The highest BCUT2D eigenvalue weighted by atomic mass is 16.3. The van der Waals surface area contributed by atoms with Crippen molar-refractivity contribution in [2.24, 2.45) is 39.7 Å². The Balaban J connectivity index is 1.72. The Morgan fingerprint density at radius 2 is 1.76 bits per heavy atom. The average molecular weight is 289 g/mol. The van der Waals surface area contributed by atoms with E-state index in [9.17, 15) is 4.91 Å². The maximum absolute atomic E-state index is 11.6. The zero-order valence-electron chi connectivity index (χ0n) is 13.8. The van der Waals surface area contributed by atoms with E-state index in [4.69, 9.17) is 0 Å². The molecule has 4 aliphatic carbocycles. The Labute approximate surface area is 129 Å². The standard InChI is InChI=1S/C19H31NO/c1-18-9-5-7-14(18)17-15(8-11-18)19(2)10-4-3-6-13(19)12-16(17)20-21/h13-17H,3-12H2,1-2H3/t13?,14-,15+,16?,17-,18-,19-/m0/s1. The van der Waals surface area contributed by atoms with Crippen LogP contribution in [0.25, 0.3) is 0 Å². The lowest BCUT2D eigenvalue weighted by atomic mass is 9.44. The summed E-state index contributed by atoms with van der Waals surface area (Å²) < 4.78 is 0. The minimum Gasteiger partial charge on any atom is -0.151 e. The Bertz CT molecular complexity index is 435. The molecule has 118 valence electrons. The highest BCUT2D eigenvalue weighted by Gasteiger charge is 2.60. The van der Waals surface area contributed by atoms with E-state index in [1.54, 1.807) is 0 Å². The molecule has 0 aliphatic heterocycles. The number of fused-ring (bicyclic) bond motifs is 5. The fraction of sp³-hybridized carbons (Fsp3) is 1.00. The zero-order chi connectivity index (χ0) is 14.7. The first kappa shape index (κ1) is 14.2. The first-order valence-electron chi connectivity index (χ1n) is 9.41. The van der Waals surface area contributed by atoms with Gasteiger partial charge in [0, 0.05) is 0 Å². The van der Waals surface area contributed by atoms with Crippen LogP contribution in [0, 0.1) is 39.4 Å². The third-order valence-corrected chi connectivity index (χ3v) is 8.52. The van der Waals surface area contributed by atoms with Gasteiger partial charge in [-0.2, -0.15) is 4.91 Å². The van der Waals surface area contributed by atoms with Gasteiger partial charge in [0.1, 0.15) is 0 Å². The molecule has 7 atom stereocenters. The molecule has 2 nitrogen and oxygen atoms in total. The smallest absolute Gasteiger partial charge is 0.0956 e. The van der Waals surface area contributed by atoms with Crippen molar-refractivity contribution in [2.75, 3.05) is 0 Å². The quantitative estimate of drug-likeness (QED) is 0.581. The van der Waals surface area contributed by atoms with Crippen LogP contribution in [0.3, 0.4) is 0 Å². The van der Waals surface area contributed by atoms with Crippen LogP contribution in [-0.2, 0) is 0 Å². The molecule has 4 rings (SSSR count). The van der Waals surface area contributed by atoms with Crippen molar-refractivity contribution in [3.8, 4) is 0 Å². The van der Waals surface area contributed by atoms with Gasteiger partial charge in [0.15, 0.2) is 0 Å². The summed E-state index contributed by atoms with van der Waals surface area (Å²) in [4.78, 5) is 11.6. The van der Waals surface area contributed by atoms with E-state index in [0.29, 0.717) is 16.7 Å². The van der Waals surface area contributed by atoms with Gasteiger partial charge in [-0.05, 0) is 79.4 Å². The molecule has 4 aliphatic rings. The van der Waals surface area contributed by atoms with Crippen LogP contribution in [0.2, 0.25) is 0 Å². The third-order valence-electron chi connectivity index (χ3n) is 8.52. The molecular weight excluding hydrogens is 258 g/mol. The monoisotopic (exact) mass is 289 g/mol. The van der Waals surface area contributed by atoms with E-state index in [-0.39, 0.29) is 6.04 Å². The molecule has 0 amide bonds. The second-order valence-electron chi connectivity index (χ2n) is 9.23. The van der Waals surface area contributed by atoms with Gasteiger partial charge in [0.25, 0.3) is 0 Å². The Kier molecular flexibility index (Phi) is 3.25. The predicted octanol–water partition coefficient (Wildman–Crippen LogP) is 5.55. The molecular formula is C19H31NO. The summed E-state index contributed by atoms with van der Waals surface area (Å²) in [5, 5.41) is 3.70. The summed E-state index contributed by atoms with van der Waals surface area (Å²) in [6, 6.07) is 0.133. The minimum atomic E-state index is 0.133. The van der Waals surface area contributed by atoms with E-state index in [1.807, 2.05) is 0 Å². The first-order valence-corrected chi connectivity index (χ1v) is 9.41. The van der Waals surface area contributed by atoms with Crippen LogP contribution >= 0.6 is 0 Å². The van der Waals surface area contributed by atoms with Crippen molar-refractivity contribution < 1.29 is 0 Å². The fourth-order valence-electron chi connectivity index (χ4n) is 7.36. The lowest BCUT2D eigenvalue weighted by molar-refractivity contribution is -0.112. The van der Waals surface area contributed by atoms with Gasteiger partial charge in [-0.3, -0.25) is 0 Å². The number of nitrogens with zero attached hydrogens (tertiary/aromatic N) is 1. The molecule has 0 aromatic heterocycles. The Hall–Kier alpha value is -0.400. The largest absolute Gasteiger partial charge is 0.151 e. The van der Waals surface area contributed by atoms with E-state index in [1.165, 1.54) is 57.8 Å². The maximum Gasteiger partial charge on any atom is 0.0956 e. The molecule has 4 saturated carbocycles. The number of nitroso groups, excluding NO2 is 1. The average Bonchev–Trinajstić information content (AvgIpc) is 2.87. The summed E-state index contributed by atoms with van der Waals surface area (Å²) in [5.41, 5.74) is 1.05. The molecule has 0 spiro atoms. The molecule has 2 heteroatoms. The SMILES string of the molecule is C[C@@]12CCC[C@H]1[C@@H]1C(N=O)CC3CCCC[C@]3(C)[C@@H]1CC2. The van der Waals surface area contributed by atoms with Crippen molar-refractivity contribution in [2.45, 2.75) is 84.1 Å². The van der Waals surface area contributed by atoms with Crippen LogP contribution in [0.4, 0.5) is 0 Å². The third kappa shape index (κ3) is 1.90. The maximum atomic E-state index is 11.6. The van der Waals surface area contributed by atoms with Crippen molar-refractivity contribution in [1.82, 2.24) is 0 Å². The van der Waals surface area contributed by atoms with Crippen molar-refractivity contribution in [3.05, 3.63) is 4.91 Å². The van der Waals surface area contributed by atoms with Gasteiger partial charge in [-0.15, -0.1) is 0 Å². The van der Waals surface area contributed by atoms with Gasteiger partial charge in [0.05, 0.1) is 6.04 Å². The van der Waals surface area contributed by atoms with Gasteiger partial charge in [-0.1, -0.05) is 38.3 Å². The summed E-state index contributed by atoms with van der Waals surface area (Å²) in [6.45, 7) is 5.09. The topological polar surface area (TPSA) is 29.4 Å². The number of rotatable bonds is 1. The van der Waals surface area contributed by atoms with Gasteiger partial charge in [-0.25, -0.2) is 0 Å². The summed E-state index contributed by atoms with van der Waals surface area (Å²) in [6.07, 6.45) is 13.6. The highest BCUT2D eigenvalue weighted by molar-refractivity contribution is 5.10. The van der Waals surface area contributed by atoms with E-state index < -0.39 is 0 Å². The second kappa shape index (κ2) is 4.80. The summed E-state index contributed by atoms with van der Waals surface area (Å²) >= 11 is 0. The van der Waals surface area contributed by atoms with Crippen LogP contribution < -0.4 is 0 Å². The van der Waals surface area contributed by atoms with Gasteiger partial charge in [0.2, 0.25) is 0 Å². The molecule has 0 radical (unpaired) electrons. The minimum absolute atomic E-state index is 0.133. The predicted molar refractivity (Wildman–Crippen MR) is 85.9 cm³/mol. The summed E-state index contributed by atoms with van der Waals surface area (Å²) in [5.74, 6) is 2.97. The Morgan fingerprint density at radius 3 is 2.57 bits per heavy atom. The molecule has 0 heterocycles. The van der Waals surface area contributed by atoms with Crippen LogP contribution in [0.15, 0.2) is 5.18 Å². The lowest BCUT2D eigenvalue weighted by Crippen LogP contribution is -2.56. The molecule has 0 N–H and O–H groups in total. The highest BCUT2D eigenvalue weighted by Crippen LogP contribution is 2.66. The Morgan fingerprint density at radius 1 is 0.905 bits per heavy atom. The van der Waals surface area contributed by atoms with Crippen molar-refractivity contribution in [1.29, 1.82) is 0 Å². The summed E-state index contributed by atoms with van der Waals surface area (Å²) in [7, 11) is 0. The molecule has 0 saturated heterocycles. The van der Waals surface area contributed by atoms with E-state index in [0.717, 1.165) is 24.2 Å². The van der Waals surface area contributed by atoms with E-state index >= 15 is 0 Å². The second-order valence-corrected chi connectivity index (χ2v) is 9.23.